The Kier molecular flexibility index (Phi) is 5.29. The first-order valence-electron chi connectivity index (χ1n) is 5.89. The van der Waals surface area contributed by atoms with Crippen LogP contribution in [0.15, 0.2) is 18.3 Å². The highest BCUT2D eigenvalue weighted by Crippen LogP contribution is 2.27. The first-order chi connectivity index (χ1) is 8.82. The first-order valence-corrected chi connectivity index (χ1v) is 5.89. The van der Waals surface area contributed by atoms with Crippen molar-refractivity contribution in [1.82, 2.24) is 10.3 Å². The zero-order chi connectivity index (χ0) is 14.5. The third kappa shape index (κ3) is 5.25. The Bertz CT molecular complexity index is 417. The molecule has 0 aliphatic carbocycles. The fourth-order valence-corrected chi connectivity index (χ4v) is 1.25. The monoisotopic (exact) mass is 275 g/mol. The predicted molar refractivity (Wildman–Crippen MR) is 65.6 cm³/mol. The van der Waals surface area contributed by atoms with Gasteiger partial charge < -0.3 is 10.6 Å². The van der Waals surface area contributed by atoms with Crippen molar-refractivity contribution < 1.29 is 18.0 Å². The number of rotatable bonds is 5. The third-order valence-electron chi connectivity index (χ3n) is 2.56. The molecule has 0 aliphatic heterocycles. The number of hydrogen-bond acceptors (Lipinski definition) is 3. The SMILES string of the molecule is CCC(C)NCC(=O)Nc1ccc(C(F)(F)F)nc1. The molecule has 1 aromatic rings. The number of pyridine rings is 1. The Morgan fingerprint density at radius 3 is 2.58 bits per heavy atom. The Morgan fingerprint density at radius 2 is 2.11 bits per heavy atom. The van der Waals surface area contributed by atoms with Crippen molar-refractivity contribution in [2.75, 3.05) is 11.9 Å². The highest BCUT2D eigenvalue weighted by molar-refractivity contribution is 5.92. The number of nitrogens with zero attached hydrogens (tertiary/aromatic N) is 1. The fraction of sp³-hybridized carbons (Fsp3) is 0.500. The summed E-state index contributed by atoms with van der Waals surface area (Å²) >= 11 is 0. The maximum atomic E-state index is 12.3. The number of nitrogens with one attached hydrogen (secondary N) is 2. The highest BCUT2D eigenvalue weighted by atomic mass is 19.4. The molecule has 0 bridgehead atoms. The lowest BCUT2D eigenvalue weighted by Gasteiger charge is -2.11. The van der Waals surface area contributed by atoms with E-state index in [2.05, 4.69) is 15.6 Å². The van der Waals surface area contributed by atoms with Crippen LogP contribution in [-0.4, -0.2) is 23.5 Å². The van der Waals surface area contributed by atoms with E-state index in [9.17, 15) is 18.0 Å². The minimum Gasteiger partial charge on any atom is -0.324 e. The van der Waals surface area contributed by atoms with E-state index < -0.39 is 11.9 Å². The van der Waals surface area contributed by atoms with Crippen LogP contribution in [-0.2, 0) is 11.0 Å². The summed E-state index contributed by atoms with van der Waals surface area (Å²) in [4.78, 5) is 14.7. The number of aromatic nitrogens is 1. The van der Waals surface area contributed by atoms with E-state index >= 15 is 0 Å². The molecule has 0 aromatic carbocycles. The Labute approximate surface area is 109 Å². The molecule has 106 valence electrons. The van der Waals surface area contributed by atoms with Crippen LogP contribution in [0, 0.1) is 0 Å². The van der Waals surface area contributed by atoms with Crippen LogP contribution in [0.1, 0.15) is 26.0 Å². The van der Waals surface area contributed by atoms with Gasteiger partial charge in [-0.1, -0.05) is 6.92 Å². The van der Waals surface area contributed by atoms with Gasteiger partial charge in [-0.25, -0.2) is 4.98 Å². The molecule has 0 radical (unpaired) electrons. The predicted octanol–water partition coefficient (Wildman–Crippen LogP) is 2.43. The van der Waals surface area contributed by atoms with E-state index in [-0.39, 0.29) is 24.2 Å². The first kappa shape index (κ1) is 15.4. The molecule has 1 rings (SSSR count). The smallest absolute Gasteiger partial charge is 0.324 e. The zero-order valence-corrected chi connectivity index (χ0v) is 10.7. The van der Waals surface area contributed by atoms with Gasteiger partial charge in [0.2, 0.25) is 5.91 Å². The summed E-state index contributed by atoms with van der Waals surface area (Å²) in [5, 5.41) is 5.44. The topological polar surface area (TPSA) is 54.0 Å². The van der Waals surface area contributed by atoms with Gasteiger partial charge in [-0.2, -0.15) is 13.2 Å². The van der Waals surface area contributed by atoms with Crippen LogP contribution in [0.3, 0.4) is 0 Å². The lowest BCUT2D eigenvalue weighted by atomic mass is 10.2. The number of halogens is 3. The summed E-state index contributed by atoms with van der Waals surface area (Å²) < 4.78 is 36.8. The van der Waals surface area contributed by atoms with Gasteiger partial charge in [-0.3, -0.25) is 4.79 Å². The van der Waals surface area contributed by atoms with Crippen LogP contribution in [0.2, 0.25) is 0 Å². The zero-order valence-electron chi connectivity index (χ0n) is 10.7. The molecule has 19 heavy (non-hydrogen) atoms. The van der Waals surface area contributed by atoms with Gasteiger partial charge in [0, 0.05) is 6.04 Å². The molecule has 0 saturated heterocycles. The van der Waals surface area contributed by atoms with Crippen molar-refractivity contribution in [3.05, 3.63) is 24.0 Å². The van der Waals surface area contributed by atoms with Crippen molar-refractivity contribution in [1.29, 1.82) is 0 Å². The molecule has 1 atom stereocenters. The number of carbonyl (C=O) groups excluding carboxylic acids is 1. The second-order valence-electron chi connectivity index (χ2n) is 4.17. The molecule has 0 saturated carbocycles. The van der Waals surface area contributed by atoms with Gasteiger partial charge in [0.15, 0.2) is 0 Å². The molecule has 0 fully saturated rings. The fourth-order valence-electron chi connectivity index (χ4n) is 1.25. The van der Waals surface area contributed by atoms with Crippen molar-refractivity contribution in [3.63, 3.8) is 0 Å². The molecule has 4 nitrogen and oxygen atoms in total. The summed E-state index contributed by atoms with van der Waals surface area (Å²) in [6.45, 7) is 4.03. The second-order valence-corrected chi connectivity index (χ2v) is 4.17. The largest absolute Gasteiger partial charge is 0.433 e. The minimum atomic E-state index is -4.47. The summed E-state index contributed by atoms with van der Waals surface area (Å²) in [6, 6.07) is 2.21. The van der Waals surface area contributed by atoms with Gasteiger partial charge in [0.25, 0.3) is 0 Å². The number of amides is 1. The Morgan fingerprint density at radius 1 is 1.42 bits per heavy atom. The molecule has 1 unspecified atom stereocenters. The summed E-state index contributed by atoms with van der Waals surface area (Å²) in [6.07, 6.45) is -2.60. The lowest BCUT2D eigenvalue weighted by Crippen LogP contribution is -2.34. The second kappa shape index (κ2) is 6.51. The number of carbonyl (C=O) groups is 1. The quantitative estimate of drug-likeness (QED) is 0.867. The van der Waals surface area contributed by atoms with E-state index in [1.165, 1.54) is 6.07 Å². The van der Waals surface area contributed by atoms with E-state index in [0.717, 1.165) is 18.7 Å². The summed E-state index contributed by atoms with van der Waals surface area (Å²) in [7, 11) is 0. The molecule has 1 heterocycles. The van der Waals surface area contributed by atoms with Gasteiger partial charge >= 0.3 is 6.18 Å². The van der Waals surface area contributed by atoms with Crippen LogP contribution < -0.4 is 10.6 Å². The highest BCUT2D eigenvalue weighted by Gasteiger charge is 2.32. The van der Waals surface area contributed by atoms with E-state index in [1.807, 2.05) is 13.8 Å². The standard InChI is InChI=1S/C12H16F3N3O/c1-3-8(2)16-7-11(19)18-9-4-5-10(17-6-9)12(13,14)15/h4-6,8,16H,3,7H2,1-2H3,(H,18,19). The number of hydrogen-bond donors (Lipinski definition) is 2. The van der Waals surface area contributed by atoms with Gasteiger partial charge in [0.1, 0.15) is 5.69 Å². The van der Waals surface area contributed by atoms with Crippen LogP contribution in [0.5, 0.6) is 0 Å². The number of alkyl halides is 3. The van der Waals surface area contributed by atoms with Crippen molar-refractivity contribution in [2.24, 2.45) is 0 Å². The summed E-state index contributed by atoms with van der Waals surface area (Å²) in [5.74, 6) is -0.318. The molecule has 1 aromatic heterocycles. The van der Waals surface area contributed by atoms with Crippen LogP contribution in [0.4, 0.5) is 18.9 Å². The minimum absolute atomic E-state index is 0.107. The van der Waals surface area contributed by atoms with E-state index in [4.69, 9.17) is 0 Å². The van der Waals surface area contributed by atoms with E-state index in [1.54, 1.807) is 0 Å². The van der Waals surface area contributed by atoms with Crippen molar-refractivity contribution in [2.45, 2.75) is 32.5 Å². The Hall–Kier alpha value is -1.63. The molecular formula is C12H16F3N3O. The van der Waals surface area contributed by atoms with Crippen LogP contribution >= 0.6 is 0 Å². The maximum Gasteiger partial charge on any atom is 0.433 e. The summed E-state index contributed by atoms with van der Waals surface area (Å²) in [5.41, 5.74) is -0.743. The van der Waals surface area contributed by atoms with E-state index in [0.29, 0.717) is 0 Å². The molecule has 0 aliphatic rings. The normalized spacial score (nSPS) is 13.1. The van der Waals surface area contributed by atoms with Gasteiger partial charge in [-0.15, -0.1) is 0 Å². The maximum absolute atomic E-state index is 12.3. The molecular weight excluding hydrogens is 259 g/mol. The number of anilines is 1. The lowest BCUT2D eigenvalue weighted by molar-refractivity contribution is -0.141. The van der Waals surface area contributed by atoms with Gasteiger partial charge in [0.05, 0.1) is 18.4 Å². The molecule has 7 heteroatoms. The van der Waals surface area contributed by atoms with Crippen molar-refractivity contribution in [3.8, 4) is 0 Å². The van der Waals surface area contributed by atoms with Crippen molar-refractivity contribution >= 4 is 11.6 Å². The van der Waals surface area contributed by atoms with Crippen LogP contribution in [0.25, 0.3) is 0 Å². The third-order valence-corrected chi connectivity index (χ3v) is 2.56. The van der Waals surface area contributed by atoms with Gasteiger partial charge in [-0.05, 0) is 25.5 Å². The molecule has 0 spiro atoms. The average Bonchev–Trinajstić information content (AvgIpc) is 2.35. The molecule has 2 N–H and O–H groups in total. The average molecular weight is 275 g/mol. The Balaban J connectivity index is 2.51. The molecule has 1 amide bonds.